The summed E-state index contributed by atoms with van der Waals surface area (Å²) in [6.07, 6.45) is 4.86. The van der Waals surface area contributed by atoms with Crippen molar-refractivity contribution in [3.63, 3.8) is 0 Å². The maximum Gasteiger partial charge on any atom is 0.0775 e. The highest BCUT2D eigenvalue weighted by Crippen LogP contribution is 2.19. The molecule has 0 aliphatic rings. The fraction of sp³-hybridized carbons (Fsp3) is 0.400. The molecular weight excluding hydrogens is 238 g/mol. The molecule has 0 aliphatic carbocycles. The number of hydrogen-bond donors (Lipinski definition) is 2. The monoisotopic (exact) mass is 259 g/mol. The minimum Gasteiger partial charge on any atom is -0.394 e. The Kier molecular flexibility index (Phi) is 4.58. The molecule has 0 saturated heterocycles. The molecule has 102 valence electrons. The molecule has 0 radical (unpaired) electrons. The van der Waals surface area contributed by atoms with Gasteiger partial charge in [-0.2, -0.15) is 5.10 Å². The van der Waals surface area contributed by atoms with Crippen molar-refractivity contribution in [3.8, 4) is 0 Å². The number of benzene rings is 1. The van der Waals surface area contributed by atoms with E-state index in [4.69, 9.17) is 0 Å². The van der Waals surface area contributed by atoms with Gasteiger partial charge >= 0.3 is 0 Å². The van der Waals surface area contributed by atoms with Crippen LogP contribution in [0.25, 0.3) is 0 Å². The molecule has 4 heteroatoms. The summed E-state index contributed by atoms with van der Waals surface area (Å²) in [6.45, 7) is 5.13. The van der Waals surface area contributed by atoms with Crippen LogP contribution in [-0.2, 0) is 6.54 Å². The van der Waals surface area contributed by atoms with Crippen LogP contribution in [-0.4, -0.2) is 21.5 Å². The Morgan fingerprint density at radius 3 is 2.68 bits per heavy atom. The Morgan fingerprint density at radius 1 is 1.32 bits per heavy atom. The second-order valence-corrected chi connectivity index (χ2v) is 4.78. The third-order valence-corrected chi connectivity index (χ3v) is 3.08. The molecule has 1 unspecified atom stereocenters. The van der Waals surface area contributed by atoms with Crippen LogP contribution in [0.3, 0.4) is 0 Å². The van der Waals surface area contributed by atoms with Crippen molar-refractivity contribution in [1.29, 1.82) is 0 Å². The van der Waals surface area contributed by atoms with Gasteiger partial charge in [0.05, 0.1) is 18.8 Å². The molecule has 19 heavy (non-hydrogen) atoms. The van der Waals surface area contributed by atoms with Crippen LogP contribution in [0.2, 0.25) is 0 Å². The number of aromatic nitrogens is 2. The van der Waals surface area contributed by atoms with Gasteiger partial charge in [-0.25, -0.2) is 0 Å². The van der Waals surface area contributed by atoms with E-state index in [1.165, 1.54) is 5.56 Å². The van der Waals surface area contributed by atoms with Gasteiger partial charge in [0.15, 0.2) is 0 Å². The van der Waals surface area contributed by atoms with Crippen LogP contribution in [0.5, 0.6) is 0 Å². The molecule has 0 fully saturated rings. The summed E-state index contributed by atoms with van der Waals surface area (Å²) in [7, 11) is 0. The lowest BCUT2D eigenvalue weighted by molar-refractivity contribution is 0.276. The predicted molar refractivity (Wildman–Crippen MR) is 77.1 cm³/mol. The lowest BCUT2D eigenvalue weighted by atomic mass is 10.1. The van der Waals surface area contributed by atoms with Gasteiger partial charge < -0.3 is 10.4 Å². The number of nitrogens with one attached hydrogen (secondary N) is 1. The van der Waals surface area contributed by atoms with Crippen LogP contribution < -0.4 is 5.32 Å². The van der Waals surface area contributed by atoms with E-state index in [0.29, 0.717) is 0 Å². The van der Waals surface area contributed by atoms with Gasteiger partial charge in [-0.15, -0.1) is 0 Å². The summed E-state index contributed by atoms with van der Waals surface area (Å²) in [5, 5.41) is 17.2. The number of hydrogen-bond acceptors (Lipinski definition) is 3. The zero-order valence-electron chi connectivity index (χ0n) is 11.5. The van der Waals surface area contributed by atoms with Crippen molar-refractivity contribution in [2.75, 3.05) is 11.9 Å². The van der Waals surface area contributed by atoms with Crippen LogP contribution >= 0.6 is 0 Å². The Hall–Kier alpha value is -1.81. The van der Waals surface area contributed by atoms with Crippen molar-refractivity contribution in [2.24, 2.45) is 0 Å². The normalized spacial score (nSPS) is 12.4. The first kappa shape index (κ1) is 13.6. The third kappa shape index (κ3) is 3.58. The second-order valence-electron chi connectivity index (χ2n) is 4.78. The molecule has 2 N–H and O–H groups in total. The summed E-state index contributed by atoms with van der Waals surface area (Å²) < 4.78 is 1.91. The molecule has 1 atom stereocenters. The van der Waals surface area contributed by atoms with Crippen LogP contribution in [0.4, 0.5) is 5.69 Å². The lowest BCUT2D eigenvalue weighted by Gasteiger charge is -2.16. The van der Waals surface area contributed by atoms with E-state index in [2.05, 4.69) is 36.4 Å². The van der Waals surface area contributed by atoms with Crippen LogP contribution in [0.15, 0.2) is 36.7 Å². The minimum absolute atomic E-state index is 0.0473. The molecule has 0 saturated carbocycles. The van der Waals surface area contributed by atoms with Crippen molar-refractivity contribution in [2.45, 2.75) is 32.9 Å². The average Bonchev–Trinajstić information content (AvgIpc) is 2.87. The minimum atomic E-state index is -0.117. The van der Waals surface area contributed by atoms with Gasteiger partial charge in [-0.1, -0.05) is 24.6 Å². The van der Waals surface area contributed by atoms with Gasteiger partial charge in [0, 0.05) is 24.0 Å². The van der Waals surface area contributed by atoms with Crippen molar-refractivity contribution in [1.82, 2.24) is 9.78 Å². The maximum atomic E-state index is 9.53. The first-order valence-electron chi connectivity index (χ1n) is 6.69. The Labute approximate surface area is 114 Å². The van der Waals surface area contributed by atoms with Crippen molar-refractivity contribution < 1.29 is 5.11 Å². The summed E-state index contributed by atoms with van der Waals surface area (Å²) in [4.78, 5) is 0. The molecule has 2 aromatic rings. The molecule has 0 bridgehead atoms. The van der Waals surface area contributed by atoms with Gasteiger partial charge in [0.1, 0.15) is 0 Å². The number of anilines is 1. The quantitative estimate of drug-likeness (QED) is 0.838. The Balaban J connectivity index is 2.08. The van der Waals surface area contributed by atoms with E-state index in [-0.39, 0.29) is 12.6 Å². The van der Waals surface area contributed by atoms with Gasteiger partial charge in [-0.05, 0) is 25.5 Å². The molecule has 4 nitrogen and oxygen atoms in total. The fourth-order valence-corrected chi connectivity index (χ4v) is 2.00. The summed E-state index contributed by atoms with van der Waals surface area (Å²) in [5.74, 6) is 0. The first-order valence-corrected chi connectivity index (χ1v) is 6.69. The first-order chi connectivity index (χ1) is 9.22. The predicted octanol–water partition coefficient (Wildman–Crippen LogP) is 2.75. The zero-order valence-corrected chi connectivity index (χ0v) is 11.5. The lowest BCUT2D eigenvalue weighted by Crippen LogP contribution is -2.14. The zero-order chi connectivity index (χ0) is 13.7. The molecule has 1 heterocycles. The summed E-state index contributed by atoms with van der Waals surface area (Å²) >= 11 is 0. The molecular formula is C15H21N3O. The molecule has 0 spiro atoms. The smallest absolute Gasteiger partial charge is 0.0775 e. The van der Waals surface area contributed by atoms with Gasteiger partial charge in [0.25, 0.3) is 0 Å². The van der Waals surface area contributed by atoms with Crippen LogP contribution in [0, 0.1) is 6.92 Å². The van der Waals surface area contributed by atoms with E-state index < -0.39 is 0 Å². The fourth-order valence-electron chi connectivity index (χ4n) is 2.00. The van der Waals surface area contributed by atoms with E-state index in [1.54, 1.807) is 0 Å². The topological polar surface area (TPSA) is 50.1 Å². The Bertz CT molecular complexity index is 504. The SMILES string of the molecule is CCCn1cc(C(CO)Nc2ccc(C)cc2)cn1. The van der Waals surface area contributed by atoms with Crippen molar-refractivity contribution >= 4 is 5.69 Å². The largest absolute Gasteiger partial charge is 0.394 e. The van der Waals surface area contributed by atoms with E-state index in [9.17, 15) is 5.11 Å². The maximum absolute atomic E-state index is 9.53. The van der Waals surface area contributed by atoms with E-state index in [1.807, 2.05) is 29.2 Å². The van der Waals surface area contributed by atoms with Crippen molar-refractivity contribution in [3.05, 3.63) is 47.8 Å². The average molecular weight is 259 g/mol. The third-order valence-electron chi connectivity index (χ3n) is 3.08. The van der Waals surface area contributed by atoms with E-state index in [0.717, 1.165) is 24.2 Å². The highest BCUT2D eigenvalue weighted by Gasteiger charge is 2.12. The summed E-state index contributed by atoms with van der Waals surface area (Å²) in [6, 6.07) is 8.03. The molecule has 1 aromatic heterocycles. The molecule has 2 rings (SSSR count). The van der Waals surface area contributed by atoms with Gasteiger partial charge in [-0.3, -0.25) is 4.68 Å². The number of aliphatic hydroxyl groups excluding tert-OH is 1. The Morgan fingerprint density at radius 2 is 2.05 bits per heavy atom. The number of rotatable bonds is 6. The number of aliphatic hydroxyl groups is 1. The molecule has 0 aliphatic heterocycles. The van der Waals surface area contributed by atoms with E-state index >= 15 is 0 Å². The highest BCUT2D eigenvalue weighted by molar-refractivity contribution is 5.46. The summed E-state index contributed by atoms with van der Waals surface area (Å²) in [5.41, 5.74) is 3.24. The van der Waals surface area contributed by atoms with Gasteiger partial charge in [0.2, 0.25) is 0 Å². The number of nitrogens with zero attached hydrogens (tertiary/aromatic N) is 2. The highest BCUT2D eigenvalue weighted by atomic mass is 16.3. The van der Waals surface area contributed by atoms with Crippen LogP contribution in [0.1, 0.15) is 30.5 Å². The number of aryl methyl sites for hydroxylation is 2. The molecule has 1 aromatic carbocycles. The molecule has 0 amide bonds. The standard InChI is InChI=1S/C15H21N3O/c1-3-8-18-10-13(9-16-18)15(11-19)17-14-6-4-12(2)5-7-14/h4-7,9-10,15,17,19H,3,8,11H2,1-2H3. The second kappa shape index (κ2) is 6.38.